The predicted molar refractivity (Wildman–Crippen MR) is 144 cm³/mol. The molecule has 1 aliphatic carbocycles. The third kappa shape index (κ3) is 6.43. The number of hydrogen-bond donors (Lipinski definition) is 2. The Labute approximate surface area is 217 Å². The summed E-state index contributed by atoms with van der Waals surface area (Å²) in [6.45, 7) is 9.22. The summed E-state index contributed by atoms with van der Waals surface area (Å²) in [6.07, 6.45) is 5.65. The van der Waals surface area contributed by atoms with Crippen LogP contribution in [-0.2, 0) is 19.4 Å². The van der Waals surface area contributed by atoms with E-state index in [9.17, 15) is 18.0 Å². The quantitative estimate of drug-likeness (QED) is 0.473. The van der Waals surface area contributed by atoms with Crippen LogP contribution in [0.15, 0.2) is 42.9 Å². The first kappa shape index (κ1) is 26.5. The van der Waals surface area contributed by atoms with Gasteiger partial charge in [0, 0.05) is 41.7 Å². The van der Waals surface area contributed by atoms with E-state index < -0.39 is 21.5 Å². The lowest BCUT2D eigenvalue weighted by molar-refractivity contribution is -0.117. The molecule has 2 aromatic heterocycles. The van der Waals surface area contributed by atoms with Gasteiger partial charge in [0.15, 0.2) is 0 Å². The van der Waals surface area contributed by atoms with Gasteiger partial charge in [0.05, 0.1) is 11.4 Å². The maximum atomic E-state index is 12.9. The van der Waals surface area contributed by atoms with Crippen LogP contribution in [0, 0.1) is 24.7 Å². The molecular formula is C27H32N4O5S. The van der Waals surface area contributed by atoms with Gasteiger partial charge in [-0.3, -0.25) is 15.1 Å². The lowest BCUT2D eigenvalue weighted by Gasteiger charge is -2.20. The van der Waals surface area contributed by atoms with Crippen molar-refractivity contribution in [2.45, 2.75) is 40.2 Å². The fourth-order valence-corrected chi connectivity index (χ4v) is 5.77. The number of sulfone groups is 1. The van der Waals surface area contributed by atoms with Crippen LogP contribution in [0.4, 0.5) is 16.3 Å². The standard InChI is InChI=1S/C27H32N4O5S/c1-15-7-8-28-12-19(15)17-9-18-11-23(31-25(32)24-16(2)21(24)14-37(6,34)35)29-13-20(18)22(10-17)30-26(33)36-27(3,4)5/h7-13,16,21,24H,14H2,1-6H3,(H,30,33)(H,29,31,32). The van der Waals surface area contributed by atoms with E-state index in [1.807, 2.05) is 32.0 Å². The number of hydrogen-bond acceptors (Lipinski definition) is 7. The van der Waals surface area contributed by atoms with Crippen LogP contribution in [0.1, 0.15) is 33.3 Å². The van der Waals surface area contributed by atoms with Gasteiger partial charge in [-0.1, -0.05) is 6.92 Å². The van der Waals surface area contributed by atoms with Crippen LogP contribution >= 0.6 is 0 Å². The molecule has 2 heterocycles. The number of aryl methyl sites for hydroxylation is 1. The largest absolute Gasteiger partial charge is 0.444 e. The predicted octanol–water partition coefficient (Wildman–Crippen LogP) is 4.82. The van der Waals surface area contributed by atoms with Crippen LogP contribution in [0.25, 0.3) is 21.9 Å². The molecule has 9 nitrogen and oxygen atoms in total. The van der Waals surface area contributed by atoms with Crippen molar-refractivity contribution in [3.8, 4) is 11.1 Å². The van der Waals surface area contributed by atoms with Crippen LogP contribution < -0.4 is 10.6 Å². The maximum Gasteiger partial charge on any atom is 0.412 e. The molecule has 0 saturated heterocycles. The van der Waals surface area contributed by atoms with Crippen molar-refractivity contribution in [1.82, 2.24) is 9.97 Å². The normalized spacial score (nSPS) is 19.4. The highest BCUT2D eigenvalue weighted by molar-refractivity contribution is 7.90. The average molecular weight is 525 g/mol. The van der Waals surface area contributed by atoms with Crippen LogP contribution in [0.5, 0.6) is 0 Å². The van der Waals surface area contributed by atoms with Gasteiger partial charge < -0.3 is 10.1 Å². The summed E-state index contributed by atoms with van der Waals surface area (Å²) in [5.74, 6) is -0.496. The molecule has 3 unspecified atom stereocenters. The molecular weight excluding hydrogens is 492 g/mol. The molecule has 0 spiro atoms. The molecule has 0 aliphatic heterocycles. The first-order valence-electron chi connectivity index (χ1n) is 12.1. The van der Waals surface area contributed by atoms with Crippen molar-refractivity contribution in [3.63, 3.8) is 0 Å². The summed E-state index contributed by atoms with van der Waals surface area (Å²) in [5.41, 5.74) is 2.59. The number of carbonyl (C=O) groups excluding carboxylic acids is 2. The van der Waals surface area contributed by atoms with E-state index in [4.69, 9.17) is 4.74 Å². The Morgan fingerprint density at radius 2 is 1.84 bits per heavy atom. The minimum absolute atomic E-state index is 0.00901. The summed E-state index contributed by atoms with van der Waals surface area (Å²) >= 11 is 0. The third-order valence-corrected chi connectivity index (χ3v) is 7.42. The zero-order chi connectivity index (χ0) is 27.1. The Morgan fingerprint density at radius 1 is 1.11 bits per heavy atom. The molecule has 37 heavy (non-hydrogen) atoms. The number of ether oxygens (including phenoxy) is 1. The molecule has 196 valence electrons. The minimum atomic E-state index is -3.17. The number of benzene rings is 1. The summed E-state index contributed by atoms with van der Waals surface area (Å²) < 4.78 is 28.8. The Hall–Kier alpha value is -3.53. The van der Waals surface area contributed by atoms with E-state index in [0.717, 1.165) is 22.1 Å². The molecule has 1 saturated carbocycles. The minimum Gasteiger partial charge on any atom is -0.444 e. The first-order valence-corrected chi connectivity index (χ1v) is 14.1. The fraction of sp³-hybridized carbons (Fsp3) is 0.407. The summed E-state index contributed by atoms with van der Waals surface area (Å²) in [5, 5.41) is 7.08. The van der Waals surface area contributed by atoms with E-state index in [2.05, 4.69) is 20.6 Å². The van der Waals surface area contributed by atoms with Crippen LogP contribution in [-0.4, -0.2) is 48.0 Å². The summed E-state index contributed by atoms with van der Waals surface area (Å²) in [6, 6.07) is 7.44. The van der Waals surface area contributed by atoms with Crippen molar-refractivity contribution in [3.05, 3.63) is 48.4 Å². The first-order chi connectivity index (χ1) is 17.2. The molecule has 4 rings (SSSR count). The van der Waals surface area contributed by atoms with Crippen molar-refractivity contribution >= 4 is 44.1 Å². The number of nitrogens with zero attached hydrogens (tertiary/aromatic N) is 2. The second-order valence-electron chi connectivity index (χ2n) is 10.8. The van der Waals surface area contributed by atoms with Crippen molar-refractivity contribution in [1.29, 1.82) is 0 Å². The van der Waals surface area contributed by atoms with Gasteiger partial charge >= 0.3 is 6.09 Å². The summed E-state index contributed by atoms with van der Waals surface area (Å²) in [4.78, 5) is 34.1. The number of aromatic nitrogens is 2. The van der Waals surface area contributed by atoms with Gasteiger partial charge in [-0.25, -0.2) is 18.2 Å². The van der Waals surface area contributed by atoms with E-state index in [-0.39, 0.29) is 29.4 Å². The molecule has 1 fully saturated rings. The molecule has 10 heteroatoms. The monoisotopic (exact) mass is 524 g/mol. The fourth-order valence-electron chi connectivity index (χ4n) is 4.56. The van der Waals surface area contributed by atoms with Crippen molar-refractivity contribution in [2.24, 2.45) is 17.8 Å². The molecule has 2 amide bonds. The van der Waals surface area contributed by atoms with Gasteiger partial charge in [-0.2, -0.15) is 0 Å². The number of anilines is 2. The Kier molecular flexibility index (Phi) is 6.98. The van der Waals surface area contributed by atoms with Crippen LogP contribution in [0.2, 0.25) is 0 Å². The van der Waals surface area contributed by atoms with Gasteiger partial charge in [0.2, 0.25) is 5.91 Å². The van der Waals surface area contributed by atoms with Gasteiger partial charge in [-0.15, -0.1) is 0 Å². The lowest BCUT2D eigenvalue weighted by atomic mass is 9.99. The molecule has 2 N–H and O–H groups in total. The SMILES string of the molecule is Cc1ccncc1-c1cc(NC(=O)OC(C)(C)C)c2cnc(NC(=O)C3C(C)C3CS(C)(=O)=O)cc2c1. The van der Waals surface area contributed by atoms with Gasteiger partial charge in [-0.05, 0) is 80.3 Å². The second-order valence-corrected chi connectivity index (χ2v) is 12.9. The topological polar surface area (TPSA) is 127 Å². The van der Waals surface area contributed by atoms with Gasteiger partial charge in [0.1, 0.15) is 21.3 Å². The molecule has 3 aromatic rings. The van der Waals surface area contributed by atoms with Crippen LogP contribution in [0.3, 0.4) is 0 Å². The maximum absolute atomic E-state index is 12.9. The lowest BCUT2D eigenvalue weighted by Crippen LogP contribution is -2.27. The number of amides is 2. The zero-order valence-electron chi connectivity index (χ0n) is 21.8. The van der Waals surface area contributed by atoms with E-state index >= 15 is 0 Å². The highest BCUT2D eigenvalue weighted by Gasteiger charge is 2.52. The highest BCUT2D eigenvalue weighted by Crippen LogP contribution is 2.47. The number of pyridine rings is 2. The number of fused-ring (bicyclic) bond motifs is 1. The third-order valence-electron chi connectivity index (χ3n) is 6.43. The van der Waals surface area contributed by atoms with Gasteiger partial charge in [0.25, 0.3) is 0 Å². The smallest absolute Gasteiger partial charge is 0.412 e. The highest BCUT2D eigenvalue weighted by atomic mass is 32.2. The average Bonchev–Trinajstić information content (AvgIpc) is 3.39. The van der Waals surface area contributed by atoms with E-state index in [1.165, 1.54) is 6.26 Å². The van der Waals surface area contributed by atoms with E-state index in [1.54, 1.807) is 45.4 Å². The summed E-state index contributed by atoms with van der Waals surface area (Å²) in [7, 11) is -3.17. The molecule has 0 bridgehead atoms. The van der Waals surface area contributed by atoms with E-state index in [0.29, 0.717) is 16.9 Å². The second kappa shape index (κ2) is 9.74. The zero-order valence-corrected chi connectivity index (χ0v) is 22.6. The Bertz CT molecular complexity index is 1480. The number of nitrogens with one attached hydrogen (secondary N) is 2. The number of carbonyl (C=O) groups is 2. The molecule has 3 atom stereocenters. The molecule has 1 aliphatic rings. The molecule has 1 aromatic carbocycles. The molecule has 0 radical (unpaired) electrons. The van der Waals surface area contributed by atoms with Crippen molar-refractivity contribution in [2.75, 3.05) is 22.6 Å². The van der Waals surface area contributed by atoms with Crippen molar-refractivity contribution < 1.29 is 22.7 Å². The number of rotatable bonds is 6. The Morgan fingerprint density at radius 3 is 2.49 bits per heavy atom. The Balaban J connectivity index is 1.67.